The third-order valence-corrected chi connectivity index (χ3v) is 5.05. The molecule has 5 aromatic rings. The zero-order chi connectivity index (χ0) is 19.3. The summed E-state index contributed by atoms with van der Waals surface area (Å²) in [5.74, 6) is 0.742. The van der Waals surface area contributed by atoms with Crippen molar-refractivity contribution in [2.45, 2.75) is 6.92 Å². The lowest BCUT2D eigenvalue weighted by atomic mass is 10.0. The van der Waals surface area contributed by atoms with Crippen LogP contribution in [0, 0.1) is 0 Å². The van der Waals surface area contributed by atoms with Gasteiger partial charge in [0, 0.05) is 22.5 Å². The number of Topliss-reactive ketones (excluding diaryl/α,β-unsaturated/α-hetero) is 1. The van der Waals surface area contributed by atoms with Gasteiger partial charge in [0.15, 0.2) is 5.78 Å². The molecule has 3 heterocycles. The highest BCUT2D eigenvalue weighted by Gasteiger charge is 2.20. The van der Waals surface area contributed by atoms with Gasteiger partial charge in [0.2, 0.25) is 0 Å². The number of fused-ring (bicyclic) bond motifs is 5. The van der Waals surface area contributed by atoms with Gasteiger partial charge < -0.3 is 4.74 Å². The van der Waals surface area contributed by atoms with Crippen molar-refractivity contribution < 1.29 is 9.53 Å². The second kappa shape index (κ2) is 6.16. The number of rotatable bonds is 3. The maximum absolute atomic E-state index is 12.5. The zero-order valence-electron chi connectivity index (χ0n) is 15.5. The van der Waals surface area contributed by atoms with Crippen LogP contribution in [0.5, 0.6) is 5.75 Å². The standard InChI is InChI=1S/C23H17N3O2/c1-14(27)20-19-12-9-17-6-5-15-4-3-13-24-22(15)23(17)26(19)25-21(20)16-7-10-18(28-2)11-8-16/h3-13H,1-2H3. The molecular weight excluding hydrogens is 350 g/mol. The summed E-state index contributed by atoms with van der Waals surface area (Å²) in [7, 11) is 1.63. The molecule has 0 aliphatic carbocycles. The molecule has 0 saturated carbocycles. The molecule has 0 aliphatic heterocycles. The van der Waals surface area contributed by atoms with E-state index in [1.54, 1.807) is 20.2 Å². The molecule has 28 heavy (non-hydrogen) atoms. The molecule has 2 aromatic carbocycles. The molecule has 0 fully saturated rings. The van der Waals surface area contributed by atoms with Crippen LogP contribution >= 0.6 is 0 Å². The molecule has 0 aliphatic rings. The third kappa shape index (κ3) is 2.36. The number of pyridine rings is 2. The van der Waals surface area contributed by atoms with Gasteiger partial charge >= 0.3 is 0 Å². The van der Waals surface area contributed by atoms with E-state index in [1.807, 2.05) is 53.0 Å². The van der Waals surface area contributed by atoms with Crippen LogP contribution in [0.25, 0.3) is 38.6 Å². The molecule has 0 saturated heterocycles. The van der Waals surface area contributed by atoms with E-state index in [4.69, 9.17) is 9.84 Å². The molecule has 0 spiro atoms. The molecule has 5 rings (SSSR count). The lowest BCUT2D eigenvalue weighted by molar-refractivity contribution is 0.102. The van der Waals surface area contributed by atoms with Crippen molar-refractivity contribution in [2.24, 2.45) is 0 Å². The second-order valence-electron chi connectivity index (χ2n) is 6.72. The van der Waals surface area contributed by atoms with E-state index >= 15 is 0 Å². The van der Waals surface area contributed by atoms with Crippen LogP contribution in [0.3, 0.4) is 0 Å². The van der Waals surface area contributed by atoms with E-state index in [1.165, 1.54) is 0 Å². The van der Waals surface area contributed by atoms with Gasteiger partial charge in [0.05, 0.1) is 29.2 Å². The number of hydrogen-bond acceptors (Lipinski definition) is 4. The highest BCUT2D eigenvalue weighted by molar-refractivity contribution is 6.10. The maximum atomic E-state index is 12.5. The van der Waals surface area contributed by atoms with E-state index in [-0.39, 0.29) is 5.78 Å². The monoisotopic (exact) mass is 367 g/mol. The Hall–Kier alpha value is -3.73. The molecule has 0 unspecified atom stereocenters. The van der Waals surface area contributed by atoms with Gasteiger partial charge in [-0.15, -0.1) is 0 Å². The lowest BCUT2D eigenvalue weighted by Crippen LogP contribution is -1.95. The number of carbonyl (C=O) groups excluding carboxylic acids is 1. The molecule has 5 nitrogen and oxygen atoms in total. The predicted octanol–water partition coefficient (Wildman–Crippen LogP) is 4.91. The first kappa shape index (κ1) is 16.4. The Labute approximate surface area is 161 Å². The number of methoxy groups -OCH3 is 1. The van der Waals surface area contributed by atoms with E-state index in [9.17, 15) is 4.79 Å². The van der Waals surface area contributed by atoms with Crippen molar-refractivity contribution in [1.82, 2.24) is 14.6 Å². The predicted molar refractivity (Wildman–Crippen MR) is 110 cm³/mol. The number of hydrogen-bond donors (Lipinski definition) is 0. The Morgan fingerprint density at radius 3 is 2.46 bits per heavy atom. The number of aromatic nitrogens is 3. The Morgan fingerprint density at radius 1 is 0.964 bits per heavy atom. The molecule has 3 aromatic heterocycles. The quantitative estimate of drug-likeness (QED) is 0.336. The largest absolute Gasteiger partial charge is 0.497 e. The van der Waals surface area contributed by atoms with Gasteiger partial charge in [0.25, 0.3) is 0 Å². The number of carbonyl (C=O) groups is 1. The highest BCUT2D eigenvalue weighted by Crippen LogP contribution is 2.32. The number of nitrogens with zero attached hydrogens (tertiary/aromatic N) is 3. The van der Waals surface area contributed by atoms with Crippen LogP contribution in [-0.4, -0.2) is 27.5 Å². The summed E-state index contributed by atoms with van der Waals surface area (Å²) in [5, 5.41) is 6.91. The normalized spacial score (nSPS) is 11.4. The zero-order valence-corrected chi connectivity index (χ0v) is 15.5. The molecule has 0 radical (unpaired) electrons. The topological polar surface area (TPSA) is 56.5 Å². The summed E-state index contributed by atoms with van der Waals surface area (Å²) < 4.78 is 7.09. The third-order valence-electron chi connectivity index (χ3n) is 5.05. The fourth-order valence-corrected chi connectivity index (χ4v) is 3.72. The fraction of sp³-hybridized carbons (Fsp3) is 0.0870. The molecular formula is C23H17N3O2. The molecule has 0 atom stereocenters. The Morgan fingerprint density at radius 2 is 1.71 bits per heavy atom. The van der Waals surface area contributed by atoms with E-state index in [0.717, 1.165) is 38.6 Å². The van der Waals surface area contributed by atoms with Crippen molar-refractivity contribution in [3.63, 3.8) is 0 Å². The van der Waals surface area contributed by atoms with Crippen LogP contribution in [0.4, 0.5) is 0 Å². The number of ether oxygens (including phenoxy) is 1. The maximum Gasteiger partial charge on any atom is 0.164 e. The summed E-state index contributed by atoms with van der Waals surface area (Å²) in [5.41, 5.74) is 4.69. The Balaban J connectivity index is 1.91. The summed E-state index contributed by atoms with van der Waals surface area (Å²) in [6.45, 7) is 1.58. The van der Waals surface area contributed by atoms with Crippen LogP contribution in [0.2, 0.25) is 0 Å². The molecule has 136 valence electrons. The van der Waals surface area contributed by atoms with Crippen LogP contribution < -0.4 is 4.74 Å². The first-order chi connectivity index (χ1) is 13.7. The summed E-state index contributed by atoms with van der Waals surface area (Å²) in [4.78, 5) is 17.1. The minimum absolute atomic E-state index is 0.0200. The van der Waals surface area contributed by atoms with Crippen LogP contribution in [-0.2, 0) is 0 Å². The number of ketones is 1. The van der Waals surface area contributed by atoms with Gasteiger partial charge in [-0.05, 0) is 43.3 Å². The summed E-state index contributed by atoms with van der Waals surface area (Å²) >= 11 is 0. The summed E-state index contributed by atoms with van der Waals surface area (Å²) in [6, 6.07) is 19.6. The van der Waals surface area contributed by atoms with Crippen molar-refractivity contribution >= 4 is 33.1 Å². The molecule has 5 heteroatoms. The van der Waals surface area contributed by atoms with Gasteiger partial charge in [-0.3, -0.25) is 9.78 Å². The molecule has 0 N–H and O–H groups in total. The van der Waals surface area contributed by atoms with Crippen molar-refractivity contribution in [3.05, 3.63) is 72.4 Å². The minimum Gasteiger partial charge on any atom is -0.497 e. The van der Waals surface area contributed by atoms with E-state index < -0.39 is 0 Å². The highest BCUT2D eigenvalue weighted by atomic mass is 16.5. The minimum atomic E-state index is -0.0200. The average Bonchev–Trinajstić information content (AvgIpc) is 3.13. The van der Waals surface area contributed by atoms with Gasteiger partial charge in [-0.2, -0.15) is 5.10 Å². The second-order valence-corrected chi connectivity index (χ2v) is 6.72. The van der Waals surface area contributed by atoms with Gasteiger partial charge in [-0.25, -0.2) is 4.52 Å². The van der Waals surface area contributed by atoms with Gasteiger partial charge in [0.1, 0.15) is 11.4 Å². The smallest absolute Gasteiger partial charge is 0.164 e. The first-order valence-corrected chi connectivity index (χ1v) is 9.02. The number of benzene rings is 2. The van der Waals surface area contributed by atoms with Crippen LogP contribution in [0.15, 0.2) is 66.9 Å². The fourth-order valence-electron chi connectivity index (χ4n) is 3.72. The molecule has 0 amide bonds. The first-order valence-electron chi connectivity index (χ1n) is 9.02. The molecule has 0 bridgehead atoms. The van der Waals surface area contributed by atoms with E-state index in [2.05, 4.69) is 17.1 Å². The van der Waals surface area contributed by atoms with Gasteiger partial charge in [-0.1, -0.05) is 24.3 Å². The summed E-state index contributed by atoms with van der Waals surface area (Å²) in [6.07, 6.45) is 1.78. The van der Waals surface area contributed by atoms with Crippen LogP contribution in [0.1, 0.15) is 17.3 Å². The van der Waals surface area contributed by atoms with Crippen molar-refractivity contribution in [2.75, 3.05) is 7.11 Å². The Kier molecular flexibility index (Phi) is 3.62. The lowest BCUT2D eigenvalue weighted by Gasteiger charge is -2.05. The SMILES string of the molecule is COc1ccc(-c2nn3c(ccc4ccc5cccnc5c43)c2C(C)=O)cc1. The van der Waals surface area contributed by atoms with Crippen molar-refractivity contribution in [1.29, 1.82) is 0 Å². The van der Waals surface area contributed by atoms with E-state index in [0.29, 0.717) is 11.3 Å². The Bertz CT molecular complexity index is 1370. The van der Waals surface area contributed by atoms with Crippen molar-refractivity contribution in [3.8, 4) is 17.0 Å². The average molecular weight is 367 g/mol.